The van der Waals surface area contributed by atoms with Crippen LogP contribution in [-0.4, -0.2) is 11.3 Å². The largest absolute Gasteiger partial charge is 0.375 e. The number of benzene rings is 7. The molecule has 2 nitrogen and oxygen atoms in total. The molecule has 3 heteroatoms. The zero-order chi connectivity index (χ0) is 42.8. The molecule has 62 heavy (non-hydrogen) atoms. The van der Waals surface area contributed by atoms with E-state index in [1.165, 1.54) is 117 Å². The van der Waals surface area contributed by atoms with Gasteiger partial charge >= 0.3 is 6.85 Å². The van der Waals surface area contributed by atoms with Gasteiger partial charge in [-0.15, -0.1) is 0 Å². The highest BCUT2D eigenvalue weighted by molar-refractivity contribution is 6.90. The fraction of sp³-hybridized carbons (Fsp3) is 0.254. The van der Waals surface area contributed by atoms with Gasteiger partial charge in [0.2, 0.25) is 0 Å². The molecule has 8 aromatic rings. The first-order chi connectivity index (χ1) is 29.6. The minimum Gasteiger partial charge on any atom is -0.375 e. The Morgan fingerprint density at radius 2 is 1.18 bits per heavy atom. The van der Waals surface area contributed by atoms with Gasteiger partial charge < -0.3 is 9.38 Å². The lowest BCUT2D eigenvalue weighted by Gasteiger charge is -2.43. The Labute approximate surface area is 368 Å². The van der Waals surface area contributed by atoms with Crippen molar-refractivity contribution in [2.45, 2.75) is 97.4 Å². The van der Waals surface area contributed by atoms with Crippen LogP contribution >= 0.6 is 0 Å². The van der Waals surface area contributed by atoms with Gasteiger partial charge in [-0.1, -0.05) is 203 Å². The van der Waals surface area contributed by atoms with Crippen molar-refractivity contribution in [3.8, 4) is 44.6 Å². The van der Waals surface area contributed by atoms with Crippen molar-refractivity contribution in [1.29, 1.82) is 0 Å². The third-order valence-electron chi connectivity index (χ3n) is 15.3. The molecule has 0 radical (unpaired) electrons. The topological polar surface area (TPSA) is 8.17 Å². The first kappa shape index (κ1) is 37.7. The van der Waals surface area contributed by atoms with Crippen LogP contribution in [0.2, 0.25) is 0 Å². The van der Waals surface area contributed by atoms with Crippen LogP contribution in [0.5, 0.6) is 0 Å². The molecule has 304 valence electrons. The number of hydrogen-bond acceptors (Lipinski definition) is 1. The predicted molar refractivity (Wildman–Crippen MR) is 264 cm³/mol. The van der Waals surface area contributed by atoms with Gasteiger partial charge in [-0.25, -0.2) is 0 Å². The van der Waals surface area contributed by atoms with E-state index in [0.717, 1.165) is 6.54 Å². The molecule has 0 saturated heterocycles. The van der Waals surface area contributed by atoms with Crippen LogP contribution in [-0.2, 0) is 28.2 Å². The van der Waals surface area contributed by atoms with E-state index in [0.29, 0.717) is 0 Å². The Hall–Kier alpha value is -6.06. The number of aromatic nitrogens is 1. The van der Waals surface area contributed by atoms with Crippen molar-refractivity contribution in [1.82, 2.24) is 4.48 Å². The molecule has 0 amide bonds. The average Bonchev–Trinajstić information content (AvgIpc) is 3.81. The quantitative estimate of drug-likeness (QED) is 0.162. The summed E-state index contributed by atoms with van der Waals surface area (Å²) in [6, 6.07) is 54.2. The molecule has 0 unspecified atom stereocenters. The maximum absolute atomic E-state index is 2.80. The summed E-state index contributed by atoms with van der Waals surface area (Å²) in [7, 11) is 0. The van der Waals surface area contributed by atoms with E-state index in [1.54, 1.807) is 0 Å². The fourth-order valence-corrected chi connectivity index (χ4v) is 12.2. The Kier molecular flexibility index (Phi) is 7.49. The molecule has 3 heterocycles. The van der Waals surface area contributed by atoms with Gasteiger partial charge in [0, 0.05) is 62.0 Å². The molecule has 0 saturated carbocycles. The van der Waals surface area contributed by atoms with E-state index < -0.39 is 0 Å². The van der Waals surface area contributed by atoms with Gasteiger partial charge in [0.15, 0.2) is 0 Å². The Morgan fingerprint density at radius 1 is 0.532 bits per heavy atom. The molecule has 4 aliphatic rings. The molecule has 0 spiro atoms. The zero-order valence-corrected chi connectivity index (χ0v) is 38.0. The minimum absolute atomic E-state index is 0.0126. The Bertz CT molecular complexity index is 3240. The van der Waals surface area contributed by atoms with Crippen LogP contribution in [0.15, 0.2) is 140 Å². The summed E-state index contributed by atoms with van der Waals surface area (Å²) in [5.74, 6) is 0. The first-order valence-corrected chi connectivity index (χ1v) is 22.8. The van der Waals surface area contributed by atoms with Crippen molar-refractivity contribution >= 4 is 40.1 Å². The zero-order valence-electron chi connectivity index (χ0n) is 38.0. The summed E-state index contributed by atoms with van der Waals surface area (Å²) in [6.07, 6.45) is 0. The maximum atomic E-state index is 2.80. The number of fused-ring (bicyclic) bond motifs is 13. The van der Waals surface area contributed by atoms with E-state index in [-0.39, 0.29) is 28.5 Å². The van der Waals surface area contributed by atoms with Crippen LogP contribution in [0.25, 0.3) is 55.5 Å². The number of nitrogens with zero attached hydrogens (tertiary/aromatic N) is 2. The second kappa shape index (κ2) is 12.3. The van der Waals surface area contributed by atoms with Gasteiger partial charge in [0.25, 0.3) is 0 Å². The highest BCUT2D eigenvalue weighted by atomic mass is 15.2. The molecule has 0 atom stereocenters. The van der Waals surface area contributed by atoms with E-state index in [1.807, 2.05) is 0 Å². The van der Waals surface area contributed by atoms with Gasteiger partial charge in [0.1, 0.15) is 0 Å². The van der Waals surface area contributed by atoms with Crippen LogP contribution in [0.1, 0.15) is 108 Å². The molecule has 0 N–H and O–H groups in total. The second-order valence-electron chi connectivity index (χ2n) is 21.7. The summed E-state index contributed by atoms with van der Waals surface area (Å²) in [4.78, 5) is 2.77. The summed E-state index contributed by atoms with van der Waals surface area (Å²) < 4.78 is 2.80. The smallest absolute Gasteiger partial charge is 0.333 e. The van der Waals surface area contributed by atoms with E-state index in [2.05, 4.69) is 218 Å². The van der Waals surface area contributed by atoms with Gasteiger partial charge in [-0.05, 0) is 89.0 Å². The molecular formula is C59H55BN2. The molecule has 0 fully saturated rings. The lowest BCUT2D eigenvalue weighted by molar-refractivity contribution is 0.590. The molecule has 0 bridgehead atoms. The minimum atomic E-state index is -0.140. The van der Waals surface area contributed by atoms with Crippen LogP contribution in [0.3, 0.4) is 0 Å². The van der Waals surface area contributed by atoms with E-state index in [9.17, 15) is 0 Å². The molecule has 7 aromatic carbocycles. The number of hydrogen-bond donors (Lipinski definition) is 0. The van der Waals surface area contributed by atoms with Crippen LogP contribution < -0.4 is 15.8 Å². The number of rotatable bonds is 3. The van der Waals surface area contributed by atoms with Gasteiger partial charge in [-0.3, -0.25) is 0 Å². The third kappa shape index (κ3) is 4.88. The normalized spacial score (nSPS) is 15.8. The lowest BCUT2D eigenvalue weighted by Crippen LogP contribution is -2.57. The van der Waals surface area contributed by atoms with Crippen molar-refractivity contribution in [2.75, 3.05) is 4.90 Å². The van der Waals surface area contributed by atoms with Crippen LogP contribution in [0, 0.1) is 0 Å². The third-order valence-corrected chi connectivity index (χ3v) is 15.3. The number of para-hydroxylation sites is 1. The molecule has 2 aliphatic carbocycles. The summed E-state index contributed by atoms with van der Waals surface area (Å²) in [6.45, 7) is 24.6. The van der Waals surface area contributed by atoms with Gasteiger partial charge in [-0.2, -0.15) is 0 Å². The standard InChI is InChI=1S/C59H55BN2/c1-56(2,3)37-28-27-36(43(31-37)35-19-12-11-13-20-35)34-61-49-33-38(57(4,5)6)32-44-39-23-18-24-42-51-54(41-22-15-17-26-46(41)59(51,9)10)62(53(39)42)60(52(44)49)48-30-29-47-50(55(48)61)40-21-14-16-25-45(40)58(47,7)8/h11-33H,34H2,1-10H3. The highest BCUT2D eigenvalue weighted by Crippen LogP contribution is 2.58. The fourth-order valence-electron chi connectivity index (χ4n) is 12.2. The molecule has 12 rings (SSSR count). The molecular weight excluding hydrogens is 747 g/mol. The number of anilines is 2. The second-order valence-corrected chi connectivity index (χ2v) is 21.7. The Balaban J connectivity index is 1.23. The van der Waals surface area contributed by atoms with Gasteiger partial charge in [0.05, 0.1) is 0 Å². The van der Waals surface area contributed by atoms with Crippen molar-refractivity contribution in [3.05, 3.63) is 178 Å². The van der Waals surface area contributed by atoms with E-state index in [4.69, 9.17) is 0 Å². The van der Waals surface area contributed by atoms with Crippen LogP contribution in [0.4, 0.5) is 11.4 Å². The van der Waals surface area contributed by atoms with Crippen molar-refractivity contribution in [3.63, 3.8) is 0 Å². The monoisotopic (exact) mass is 802 g/mol. The summed E-state index contributed by atoms with van der Waals surface area (Å²) >= 11 is 0. The summed E-state index contributed by atoms with van der Waals surface area (Å²) in [5, 5.41) is 1.38. The Morgan fingerprint density at radius 3 is 1.90 bits per heavy atom. The molecule has 2 aliphatic heterocycles. The lowest BCUT2D eigenvalue weighted by atomic mass is 9.44. The van der Waals surface area contributed by atoms with Crippen molar-refractivity contribution in [2.24, 2.45) is 0 Å². The predicted octanol–water partition coefficient (Wildman–Crippen LogP) is 13.8. The summed E-state index contributed by atoms with van der Waals surface area (Å²) in [5.41, 5.74) is 27.1. The average molecular weight is 803 g/mol. The molecule has 1 aromatic heterocycles. The SMILES string of the molecule is CC(C)(C)c1ccc(CN2c3cc(C(C)(C)C)cc4c3B(c3ccc5c(c32)-c2ccccc2C5(C)C)n2c3c(c5cccc-4c52)C(C)(C)c2ccccc2-3)c(-c2ccccc2)c1. The first-order valence-electron chi connectivity index (χ1n) is 22.8. The maximum Gasteiger partial charge on any atom is 0.333 e. The highest BCUT2D eigenvalue weighted by Gasteiger charge is 2.50. The van der Waals surface area contributed by atoms with Crippen molar-refractivity contribution < 1.29 is 0 Å². The van der Waals surface area contributed by atoms with E-state index >= 15 is 0 Å².